The molecule has 0 bridgehead atoms. The highest BCUT2D eigenvalue weighted by Crippen LogP contribution is 2.25. The summed E-state index contributed by atoms with van der Waals surface area (Å²) in [5, 5.41) is 6.26. The topological polar surface area (TPSA) is 41.1 Å². The van der Waals surface area contributed by atoms with Gasteiger partial charge in [0, 0.05) is 24.5 Å². The molecule has 1 aromatic carbocycles. The maximum Gasteiger partial charge on any atom is 0.121 e. The van der Waals surface area contributed by atoms with Crippen LogP contribution in [-0.4, -0.2) is 19.9 Å². The maximum absolute atomic E-state index is 10.2. The van der Waals surface area contributed by atoms with Crippen molar-refractivity contribution in [1.82, 2.24) is 0 Å². The lowest BCUT2D eigenvalue weighted by Crippen LogP contribution is -2.04. The van der Waals surface area contributed by atoms with Crippen LogP contribution in [0.5, 0.6) is 0 Å². The number of benzene rings is 1. The molecule has 0 aliphatic rings. The van der Waals surface area contributed by atoms with Crippen molar-refractivity contribution in [3.05, 3.63) is 22.7 Å². The monoisotopic (exact) mass is 256 g/mol. The minimum absolute atomic E-state index is 0.523. The molecule has 0 heterocycles. The highest BCUT2D eigenvalue weighted by Gasteiger charge is 2.00. The summed E-state index contributed by atoms with van der Waals surface area (Å²) in [6, 6.07) is 5.93. The van der Waals surface area contributed by atoms with E-state index in [1.165, 1.54) is 0 Å². The van der Waals surface area contributed by atoms with E-state index in [4.69, 9.17) is 0 Å². The molecule has 0 fully saturated rings. The number of aldehydes is 1. The van der Waals surface area contributed by atoms with Gasteiger partial charge in [0.15, 0.2) is 0 Å². The Morgan fingerprint density at radius 3 is 2.86 bits per heavy atom. The molecule has 0 amide bonds. The molecule has 0 unspecified atom stereocenters. The zero-order valence-electron chi connectivity index (χ0n) is 8.01. The lowest BCUT2D eigenvalue weighted by Gasteiger charge is -2.10. The van der Waals surface area contributed by atoms with E-state index in [9.17, 15) is 4.79 Å². The first kappa shape index (κ1) is 11.0. The third-order valence-electron chi connectivity index (χ3n) is 1.83. The van der Waals surface area contributed by atoms with Crippen molar-refractivity contribution in [2.45, 2.75) is 6.42 Å². The number of anilines is 2. The maximum atomic E-state index is 10.2. The van der Waals surface area contributed by atoms with Gasteiger partial charge in [0.25, 0.3) is 0 Å². The standard InChI is InChI=1S/C10H13BrN2O/c1-12-9-4-3-8(11)7-10(9)13-5-2-6-14/h3-4,6-7,12-13H,2,5H2,1H3. The molecule has 1 rings (SSSR count). The molecule has 4 heteroatoms. The number of rotatable bonds is 5. The number of carbonyl (C=O) groups is 1. The van der Waals surface area contributed by atoms with Gasteiger partial charge >= 0.3 is 0 Å². The first-order valence-corrected chi connectivity index (χ1v) is 5.22. The number of hydrogen-bond acceptors (Lipinski definition) is 3. The van der Waals surface area contributed by atoms with Crippen LogP contribution in [0.1, 0.15) is 6.42 Å². The molecule has 0 atom stereocenters. The second kappa shape index (κ2) is 5.65. The van der Waals surface area contributed by atoms with Crippen molar-refractivity contribution < 1.29 is 4.79 Å². The van der Waals surface area contributed by atoms with E-state index >= 15 is 0 Å². The van der Waals surface area contributed by atoms with E-state index in [0.717, 1.165) is 22.1 Å². The van der Waals surface area contributed by atoms with Crippen LogP contribution < -0.4 is 10.6 Å². The summed E-state index contributed by atoms with van der Waals surface area (Å²) >= 11 is 3.40. The third kappa shape index (κ3) is 3.03. The highest BCUT2D eigenvalue weighted by atomic mass is 79.9. The number of carbonyl (C=O) groups excluding carboxylic acids is 1. The predicted molar refractivity (Wildman–Crippen MR) is 62.9 cm³/mol. The fourth-order valence-electron chi connectivity index (χ4n) is 1.15. The average molecular weight is 257 g/mol. The number of nitrogens with one attached hydrogen (secondary N) is 2. The largest absolute Gasteiger partial charge is 0.386 e. The van der Waals surface area contributed by atoms with Crippen molar-refractivity contribution in [2.24, 2.45) is 0 Å². The number of hydrogen-bond donors (Lipinski definition) is 2. The van der Waals surface area contributed by atoms with E-state index in [2.05, 4.69) is 26.6 Å². The molecule has 0 aromatic heterocycles. The van der Waals surface area contributed by atoms with Crippen molar-refractivity contribution in [2.75, 3.05) is 24.2 Å². The fourth-order valence-corrected chi connectivity index (χ4v) is 1.51. The van der Waals surface area contributed by atoms with Crippen LogP contribution in [0, 0.1) is 0 Å². The first-order chi connectivity index (χ1) is 6.77. The Bertz CT molecular complexity index is 315. The van der Waals surface area contributed by atoms with E-state index in [-0.39, 0.29) is 0 Å². The van der Waals surface area contributed by atoms with Gasteiger partial charge in [-0.2, -0.15) is 0 Å². The Kier molecular flexibility index (Phi) is 4.46. The molecule has 2 N–H and O–H groups in total. The Balaban J connectivity index is 2.71. The smallest absolute Gasteiger partial charge is 0.121 e. The molecule has 76 valence electrons. The fraction of sp³-hybridized carbons (Fsp3) is 0.300. The zero-order valence-corrected chi connectivity index (χ0v) is 9.60. The van der Waals surface area contributed by atoms with E-state index in [1.54, 1.807) is 0 Å². The van der Waals surface area contributed by atoms with Gasteiger partial charge in [0.2, 0.25) is 0 Å². The van der Waals surface area contributed by atoms with Crippen LogP contribution in [0.3, 0.4) is 0 Å². The molecule has 14 heavy (non-hydrogen) atoms. The molecule has 0 aliphatic heterocycles. The molecule has 0 spiro atoms. The predicted octanol–water partition coefficient (Wildman–Crippen LogP) is 2.49. The Labute approximate surface area is 92.0 Å². The van der Waals surface area contributed by atoms with Crippen LogP contribution in [-0.2, 0) is 4.79 Å². The average Bonchev–Trinajstić information content (AvgIpc) is 2.19. The molecule has 0 saturated heterocycles. The Morgan fingerprint density at radius 2 is 2.21 bits per heavy atom. The molecular formula is C10H13BrN2O. The molecule has 1 aromatic rings. The van der Waals surface area contributed by atoms with Crippen LogP contribution in [0.2, 0.25) is 0 Å². The van der Waals surface area contributed by atoms with Crippen LogP contribution >= 0.6 is 15.9 Å². The van der Waals surface area contributed by atoms with Crippen molar-refractivity contribution in [3.63, 3.8) is 0 Å². The molecule has 0 aliphatic carbocycles. The van der Waals surface area contributed by atoms with Gasteiger partial charge in [-0.05, 0) is 18.2 Å². The summed E-state index contributed by atoms with van der Waals surface area (Å²) in [6.45, 7) is 0.661. The minimum atomic E-state index is 0.523. The van der Waals surface area contributed by atoms with Gasteiger partial charge in [0.1, 0.15) is 6.29 Å². The van der Waals surface area contributed by atoms with E-state index in [1.807, 2.05) is 25.2 Å². The lowest BCUT2D eigenvalue weighted by atomic mass is 10.2. The van der Waals surface area contributed by atoms with Gasteiger partial charge in [-0.15, -0.1) is 0 Å². The normalized spacial score (nSPS) is 9.57. The summed E-state index contributed by atoms with van der Waals surface area (Å²) in [7, 11) is 1.87. The molecular weight excluding hydrogens is 244 g/mol. The highest BCUT2D eigenvalue weighted by molar-refractivity contribution is 9.10. The Hall–Kier alpha value is -1.03. The molecule has 0 saturated carbocycles. The summed E-state index contributed by atoms with van der Waals surface area (Å²) in [4.78, 5) is 10.2. The second-order valence-corrected chi connectivity index (χ2v) is 3.74. The van der Waals surface area contributed by atoms with Crippen LogP contribution in [0.25, 0.3) is 0 Å². The summed E-state index contributed by atoms with van der Waals surface area (Å²) in [5.74, 6) is 0. The van der Waals surface area contributed by atoms with Gasteiger partial charge in [0.05, 0.1) is 11.4 Å². The molecule has 3 nitrogen and oxygen atoms in total. The van der Waals surface area contributed by atoms with Crippen LogP contribution in [0.15, 0.2) is 22.7 Å². The third-order valence-corrected chi connectivity index (χ3v) is 2.32. The first-order valence-electron chi connectivity index (χ1n) is 4.42. The van der Waals surface area contributed by atoms with Gasteiger partial charge in [-0.25, -0.2) is 0 Å². The SMILES string of the molecule is CNc1ccc(Br)cc1NCCC=O. The quantitative estimate of drug-likeness (QED) is 0.629. The van der Waals surface area contributed by atoms with Crippen molar-refractivity contribution in [3.8, 4) is 0 Å². The minimum Gasteiger partial charge on any atom is -0.386 e. The lowest BCUT2D eigenvalue weighted by molar-refractivity contribution is -0.107. The molecule has 0 radical (unpaired) electrons. The van der Waals surface area contributed by atoms with E-state index in [0.29, 0.717) is 13.0 Å². The van der Waals surface area contributed by atoms with Gasteiger partial charge < -0.3 is 15.4 Å². The summed E-state index contributed by atoms with van der Waals surface area (Å²) in [6.07, 6.45) is 1.43. The number of halogens is 1. The van der Waals surface area contributed by atoms with Gasteiger partial charge in [-0.3, -0.25) is 0 Å². The van der Waals surface area contributed by atoms with Gasteiger partial charge in [-0.1, -0.05) is 15.9 Å². The van der Waals surface area contributed by atoms with Crippen molar-refractivity contribution >= 4 is 33.6 Å². The Morgan fingerprint density at radius 1 is 1.43 bits per heavy atom. The summed E-state index contributed by atoms with van der Waals surface area (Å²) < 4.78 is 1.02. The van der Waals surface area contributed by atoms with Crippen molar-refractivity contribution in [1.29, 1.82) is 0 Å². The van der Waals surface area contributed by atoms with E-state index < -0.39 is 0 Å². The second-order valence-electron chi connectivity index (χ2n) is 2.82. The van der Waals surface area contributed by atoms with Crippen LogP contribution in [0.4, 0.5) is 11.4 Å². The summed E-state index contributed by atoms with van der Waals surface area (Å²) in [5.41, 5.74) is 2.03. The zero-order chi connectivity index (χ0) is 10.4.